The third-order valence-electron chi connectivity index (χ3n) is 3.09. The molecule has 1 atom stereocenters. The summed E-state index contributed by atoms with van der Waals surface area (Å²) >= 11 is 5.96. The predicted molar refractivity (Wildman–Crippen MR) is 74.9 cm³/mol. The average molecular weight is 279 g/mol. The molecule has 1 unspecified atom stereocenters. The van der Waals surface area contributed by atoms with Crippen LogP contribution in [0.2, 0.25) is 5.02 Å². The first-order chi connectivity index (χ1) is 9.33. The van der Waals surface area contributed by atoms with Crippen LogP contribution in [0.1, 0.15) is 0 Å². The lowest BCUT2D eigenvalue weighted by Crippen LogP contribution is -2.41. The molecule has 2 aromatic rings. The van der Waals surface area contributed by atoms with E-state index in [1.54, 1.807) is 6.20 Å². The van der Waals surface area contributed by atoms with Gasteiger partial charge in [0, 0.05) is 29.7 Å². The van der Waals surface area contributed by atoms with Gasteiger partial charge in [0.1, 0.15) is 18.5 Å². The van der Waals surface area contributed by atoms with Crippen LogP contribution in [-0.2, 0) is 4.74 Å². The number of pyridine rings is 1. The zero-order valence-electron chi connectivity index (χ0n) is 10.4. The summed E-state index contributed by atoms with van der Waals surface area (Å²) in [5.41, 5.74) is 0.840. The normalized spacial score (nSPS) is 19.5. The number of aromatic nitrogens is 1. The molecular weight excluding hydrogens is 264 g/mol. The Balaban J connectivity index is 1.76. The summed E-state index contributed by atoms with van der Waals surface area (Å²) in [6, 6.07) is 7.48. The van der Waals surface area contributed by atoms with E-state index in [4.69, 9.17) is 21.1 Å². The molecule has 0 aliphatic carbocycles. The summed E-state index contributed by atoms with van der Waals surface area (Å²) in [6.07, 6.45) is 1.83. The summed E-state index contributed by atoms with van der Waals surface area (Å²) in [6.45, 7) is 3.01. The van der Waals surface area contributed by atoms with E-state index in [0.29, 0.717) is 11.6 Å². The maximum absolute atomic E-state index is 5.96. The van der Waals surface area contributed by atoms with Crippen molar-refractivity contribution in [2.45, 2.75) is 6.10 Å². The Labute approximate surface area is 116 Å². The van der Waals surface area contributed by atoms with Crippen LogP contribution in [0.15, 0.2) is 30.5 Å². The van der Waals surface area contributed by atoms with Gasteiger partial charge in [-0.25, -0.2) is 0 Å². The third-order valence-corrected chi connectivity index (χ3v) is 3.33. The van der Waals surface area contributed by atoms with Crippen molar-refractivity contribution in [3.8, 4) is 5.75 Å². The van der Waals surface area contributed by atoms with E-state index in [9.17, 15) is 0 Å². The quantitative estimate of drug-likeness (QED) is 0.935. The van der Waals surface area contributed by atoms with Gasteiger partial charge in [-0.15, -0.1) is 0 Å². The highest BCUT2D eigenvalue weighted by Gasteiger charge is 2.14. The van der Waals surface area contributed by atoms with Crippen molar-refractivity contribution in [3.63, 3.8) is 0 Å². The SMILES string of the molecule is Clc1ccc2c(OCC3CNCCO3)ccnc2c1. The fourth-order valence-corrected chi connectivity index (χ4v) is 2.30. The van der Waals surface area contributed by atoms with E-state index in [0.717, 1.165) is 36.3 Å². The maximum atomic E-state index is 5.96. The second-order valence-electron chi connectivity index (χ2n) is 4.48. The maximum Gasteiger partial charge on any atom is 0.130 e. The molecule has 1 fully saturated rings. The number of halogens is 1. The van der Waals surface area contributed by atoms with Crippen LogP contribution in [0.4, 0.5) is 0 Å². The van der Waals surface area contributed by atoms with Gasteiger partial charge in [0.25, 0.3) is 0 Å². The number of ether oxygens (including phenoxy) is 2. The number of benzene rings is 1. The van der Waals surface area contributed by atoms with Gasteiger partial charge in [0.2, 0.25) is 0 Å². The minimum absolute atomic E-state index is 0.101. The van der Waals surface area contributed by atoms with Crippen molar-refractivity contribution >= 4 is 22.5 Å². The Kier molecular flexibility index (Phi) is 3.82. The molecule has 0 amide bonds. The van der Waals surface area contributed by atoms with Gasteiger partial charge in [-0.05, 0) is 24.3 Å². The van der Waals surface area contributed by atoms with Crippen LogP contribution < -0.4 is 10.1 Å². The molecule has 4 nitrogen and oxygen atoms in total. The molecule has 0 spiro atoms. The first kappa shape index (κ1) is 12.7. The molecule has 1 aliphatic heterocycles. The largest absolute Gasteiger partial charge is 0.490 e. The topological polar surface area (TPSA) is 43.4 Å². The molecule has 0 bridgehead atoms. The fourth-order valence-electron chi connectivity index (χ4n) is 2.13. The minimum Gasteiger partial charge on any atom is -0.490 e. The van der Waals surface area contributed by atoms with Crippen LogP contribution >= 0.6 is 11.6 Å². The Bertz CT molecular complexity index is 570. The van der Waals surface area contributed by atoms with Gasteiger partial charge in [-0.3, -0.25) is 4.98 Å². The molecule has 100 valence electrons. The number of rotatable bonds is 3. The molecule has 1 aliphatic rings. The average Bonchev–Trinajstić information content (AvgIpc) is 2.45. The van der Waals surface area contributed by atoms with Gasteiger partial charge in [0.05, 0.1) is 12.1 Å². The van der Waals surface area contributed by atoms with Gasteiger partial charge in [-0.2, -0.15) is 0 Å². The number of morpholine rings is 1. The van der Waals surface area contributed by atoms with Gasteiger partial charge in [-0.1, -0.05) is 11.6 Å². The second kappa shape index (κ2) is 5.74. The summed E-state index contributed by atoms with van der Waals surface area (Å²) in [5.74, 6) is 0.816. The number of nitrogens with zero attached hydrogens (tertiary/aromatic N) is 1. The monoisotopic (exact) mass is 278 g/mol. The molecule has 0 saturated carbocycles. The van der Waals surface area contributed by atoms with E-state index in [1.807, 2.05) is 24.3 Å². The zero-order valence-corrected chi connectivity index (χ0v) is 11.2. The highest BCUT2D eigenvalue weighted by atomic mass is 35.5. The minimum atomic E-state index is 0.101. The summed E-state index contributed by atoms with van der Waals surface area (Å²) in [4.78, 5) is 4.29. The van der Waals surface area contributed by atoms with Gasteiger partial charge < -0.3 is 14.8 Å². The van der Waals surface area contributed by atoms with E-state index < -0.39 is 0 Å². The van der Waals surface area contributed by atoms with E-state index in [-0.39, 0.29) is 6.10 Å². The summed E-state index contributed by atoms with van der Waals surface area (Å²) in [5, 5.41) is 4.93. The first-order valence-electron chi connectivity index (χ1n) is 6.32. The zero-order chi connectivity index (χ0) is 13.1. The molecule has 5 heteroatoms. The smallest absolute Gasteiger partial charge is 0.130 e. The molecule has 19 heavy (non-hydrogen) atoms. The standard InChI is InChI=1S/C14H15ClN2O2/c15-10-1-2-12-13(7-10)17-4-3-14(12)19-9-11-8-16-5-6-18-11/h1-4,7,11,16H,5-6,8-9H2. The van der Waals surface area contributed by atoms with Gasteiger partial charge in [0.15, 0.2) is 0 Å². The lowest BCUT2D eigenvalue weighted by atomic mass is 10.2. The molecular formula is C14H15ClN2O2. The van der Waals surface area contributed by atoms with Crippen LogP contribution in [0.5, 0.6) is 5.75 Å². The van der Waals surface area contributed by atoms with Crippen molar-refractivity contribution in [2.24, 2.45) is 0 Å². The molecule has 1 N–H and O–H groups in total. The highest BCUT2D eigenvalue weighted by molar-refractivity contribution is 6.31. The van der Waals surface area contributed by atoms with Crippen LogP contribution in [0.25, 0.3) is 10.9 Å². The van der Waals surface area contributed by atoms with Crippen molar-refractivity contribution in [1.82, 2.24) is 10.3 Å². The Morgan fingerprint density at radius 2 is 2.37 bits per heavy atom. The Hall–Kier alpha value is -1.36. The summed E-state index contributed by atoms with van der Waals surface area (Å²) < 4.78 is 11.5. The van der Waals surface area contributed by atoms with Crippen molar-refractivity contribution < 1.29 is 9.47 Å². The molecule has 1 aromatic heterocycles. The van der Waals surface area contributed by atoms with Crippen molar-refractivity contribution in [1.29, 1.82) is 0 Å². The number of fused-ring (bicyclic) bond motifs is 1. The van der Waals surface area contributed by atoms with Crippen molar-refractivity contribution in [3.05, 3.63) is 35.5 Å². The van der Waals surface area contributed by atoms with E-state index in [2.05, 4.69) is 10.3 Å². The summed E-state index contributed by atoms with van der Waals surface area (Å²) in [7, 11) is 0. The highest BCUT2D eigenvalue weighted by Crippen LogP contribution is 2.26. The Morgan fingerprint density at radius 3 is 3.21 bits per heavy atom. The fraction of sp³-hybridized carbons (Fsp3) is 0.357. The molecule has 1 saturated heterocycles. The van der Waals surface area contributed by atoms with Crippen LogP contribution in [0, 0.1) is 0 Å². The first-order valence-corrected chi connectivity index (χ1v) is 6.70. The lowest BCUT2D eigenvalue weighted by Gasteiger charge is -2.23. The molecule has 1 aromatic carbocycles. The molecule has 2 heterocycles. The second-order valence-corrected chi connectivity index (χ2v) is 4.91. The predicted octanol–water partition coefficient (Wildman–Crippen LogP) is 2.26. The van der Waals surface area contributed by atoms with Crippen LogP contribution in [0.3, 0.4) is 0 Å². The van der Waals surface area contributed by atoms with Gasteiger partial charge >= 0.3 is 0 Å². The number of nitrogens with one attached hydrogen (secondary N) is 1. The van der Waals surface area contributed by atoms with Crippen LogP contribution in [-0.4, -0.2) is 37.4 Å². The van der Waals surface area contributed by atoms with E-state index in [1.165, 1.54) is 0 Å². The lowest BCUT2D eigenvalue weighted by molar-refractivity contribution is 0.000502. The Morgan fingerprint density at radius 1 is 1.42 bits per heavy atom. The third kappa shape index (κ3) is 2.97. The van der Waals surface area contributed by atoms with Crippen molar-refractivity contribution in [2.75, 3.05) is 26.3 Å². The van der Waals surface area contributed by atoms with E-state index >= 15 is 0 Å². The molecule has 0 radical (unpaired) electrons. The molecule has 3 rings (SSSR count). The number of hydrogen-bond donors (Lipinski definition) is 1. The number of hydrogen-bond acceptors (Lipinski definition) is 4.